The van der Waals surface area contributed by atoms with Gasteiger partial charge in [0.05, 0.1) is 0 Å². The fraction of sp³-hybridized carbons (Fsp3) is 0.632. The zero-order chi connectivity index (χ0) is 16.2. The minimum Gasteiger partial charge on any atom is -0.482 e. The predicted molar refractivity (Wildman–Crippen MR) is 88.0 cm³/mol. The van der Waals surface area contributed by atoms with Crippen LogP contribution in [0.1, 0.15) is 52.0 Å². The monoisotopic (exact) mass is 304 g/mol. The molecule has 0 atom stereocenters. The number of ether oxygens (including phenoxy) is 2. The number of benzene rings is 1. The quantitative estimate of drug-likeness (QED) is 0.767. The molecule has 0 unspecified atom stereocenters. The second-order valence-electron chi connectivity index (χ2n) is 7.43. The van der Waals surface area contributed by atoms with Gasteiger partial charge in [-0.2, -0.15) is 0 Å². The molecule has 0 amide bonds. The summed E-state index contributed by atoms with van der Waals surface area (Å²) in [5.41, 5.74) is 1.52. The molecule has 2 rings (SSSR count). The van der Waals surface area contributed by atoms with Gasteiger partial charge in [0.15, 0.2) is 6.61 Å². The summed E-state index contributed by atoms with van der Waals surface area (Å²) < 4.78 is 11.0. The molecule has 0 radical (unpaired) electrons. The maximum absolute atomic E-state index is 11.9. The second kappa shape index (κ2) is 7.17. The van der Waals surface area contributed by atoms with E-state index in [-0.39, 0.29) is 18.7 Å². The van der Waals surface area contributed by atoms with Crippen molar-refractivity contribution >= 4 is 5.97 Å². The molecular formula is C19H28O3. The first-order valence-corrected chi connectivity index (χ1v) is 8.23. The maximum atomic E-state index is 11.9. The van der Waals surface area contributed by atoms with Crippen LogP contribution in [0.4, 0.5) is 0 Å². The predicted octanol–water partition coefficient (Wildman–Crippen LogP) is 4.52. The van der Waals surface area contributed by atoms with E-state index < -0.39 is 0 Å². The number of aryl methyl sites for hydroxylation is 1. The number of hydrogen-bond acceptors (Lipinski definition) is 3. The third-order valence-corrected chi connectivity index (χ3v) is 4.57. The van der Waals surface area contributed by atoms with Crippen LogP contribution < -0.4 is 4.74 Å². The number of carbonyl (C=O) groups excluding carboxylic acids is 1. The van der Waals surface area contributed by atoms with Crippen LogP contribution >= 0.6 is 0 Å². The topological polar surface area (TPSA) is 35.5 Å². The SMILES string of the molecule is Cc1ccc(OCC(=O)OC2CCC(C(C)(C)C)CC2)cc1. The van der Waals surface area contributed by atoms with Crippen LogP contribution in [-0.2, 0) is 9.53 Å². The first kappa shape index (κ1) is 16.9. The number of esters is 1. The highest BCUT2D eigenvalue weighted by molar-refractivity contribution is 5.71. The minimum atomic E-state index is -0.264. The van der Waals surface area contributed by atoms with Crippen molar-refractivity contribution in [2.75, 3.05) is 6.61 Å². The van der Waals surface area contributed by atoms with E-state index in [1.165, 1.54) is 5.56 Å². The first-order chi connectivity index (χ1) is 10.3. The van der Waals surface area contributed by atoms with Crippen LogP contribution in [0.15, 0.2) is 24.3 Å². The van der Waals surface area contributed by atoms with E-state index >= 15 is 0 Å². The molecule has 0 aromatic heterocycles. The van der Waals surface area contributed by atoms with Crippen LogP contribution in [0.25, 0.3) is 0 Å². The van der Waals surface area contributed by atoms with E-state index in [1.54, 1.807) is 0 Å². The zero-order valence-electron chi connectivity index (χ0n) is 14.2. The van der Waals surface area contributed by atoms with E-state index in [2.05, 4.69) is 20.8 Å². The Labute approximate surface area is 134 Å². The van der Waals surface area contributed by atoms with Crippen LogP contribution in [0, 0.1) is 18.3 Å². The van der Waals surface area contributed by atoms with Gasteiger partial charge < -0.3 is 9.47 Å². The van der Waals surface area contributed by atoms with Crippen molar-refractivity contribution in [1.82, 2.24) is 0 Å². The van der Waals surface area contributed by atoms with Crippen molar-refractivity contribution in [3.05, 3.63) is 29.8 Å². The summed E-state index contributed by atoms with van der Waals surface area (Å²) in [4.78, 5) is 11.9. The lowest BCUT2D eigenvalue weighted by atomic mass is 9.72. The van der Waals surface area contributed by atoms with Gasteiger partial charge in [-0.25, -0.2) is 4.79 Å². The highest BCUT2D eigenvalue weighted by Gasteiger charge is 2.31. The van der Waals surface area contributed by atoms with Crippen molar-refractivity contribution in [3.63, 3.8) is 0 Å². The summed E-state index contributed by atoms with van der Waals surface area (Å²) in [7, 11) is 0. The molecule has 1 aromatic carbocycles. The molecule has 122 valence electrons. The largest absolute Gasteiger partial charge is 0.482 e. The van der Waals surface area contributed by atoms with Gasteiger partial charge in [-0.05, 0) is 56.1 Å². The molecule has 1 fully saturated rings. The molecule has 3 heteroatoms. The second-order valence-corrected chi connectivity index (χ2v) is 7.43. The Hall–Kier alpha value is -1.51. The number of hydrogen-bond donors (Lipinski definition) is 0. The van der Waals surface area contributed by atoms with Gasteiger partial charge in [-0.15, -0.1) is 0 Å². The Kier molecular flexibility index (Phi) is 5.49. The van der Waals surface area contributed by atoms with E-state index in [9.17, 15) is 4.79 Å². The highest BCUT2D eigenvalue weighted by atomic mass is 16.6. The summed E-state index contributed by atoms with van der Waals surface area (Å²) >= 11 is 0. The Morgan fingerprint density at radius 3 is 2.23 bits per heavy atom. The molecule has 0 aliphatic heterocycles. The average molecular weight is 304 g/mol. The van der Waals surface area contributed by atoms with E-state index in [0.29, 0.717) is 11.2 Å². The van der Waals surface area contributed by atoms with Gasteiger partial charge in [0, 0.05) is 0 Å². The van der Waals surface area contributed by atoms with Crippen LogP contribution in [-0.4, -0.2) is 18.7 Å². The van der Waals surface area contributed by atoms with Crippen LogP contribution in [0.2, 0.25) is 0 Å². The Morgan fingerprint density at radius 2 is 1.68 bits per heavy atom. The normalized spacial score (nSPS) is 22.2. The smallest absolute Gasteiger partial charge is 0.344 e. The molecule has 1 aliphatic rings. The van der Waals surface area contributed by atoms with Crippen LogP contribution in [0.3, 0.4) is 0 Å². The highest BCUT2D eigenvalue weighted by Crippen LogP contribution is 2.38. The average Bonchev–Trinajstić information content (AvgIpc) is 2.46. The molecule has 0 spiro atoms. The minimum absolute atomic E-state index is 0.0116. The Balaban J connectivity index is 1.71. The lowest BCUT2D eigenvalue weighted by molar-refractivity contribution is -0.153. The molecule has 1 saturated carbocycles. The third-order valence-electron chi connectivity index (χ3n) is 4.57. The van der Waals surface area contributed by atoms with Gasteiger partial charge in [-0.1, -0.05) is 38.5 Å². The molecular weight excluding hydrogens is 276 g/mol. The molecule has 22 heavy (non-hydrogen) atoms. The Bertz CT molecular complexity index is 476. The molecule has 0 saturated heterocycles. The lowest BCUT2D eigenvalue weighted by Crippen LogP contribution is -2.31. The fourth-order valence-electron chi connectivity index (χ4n) is 3.04. The molecule has 1 aromatic rings. The molecule has 0 bridgehead atoms. The van der Waals surface area contributed by atoms with Crippen molar-refractivity contribution in [3.8, 4) is 5.75 Å². The summed E-state index contributed by atoms with van der Waals surface area (Å²) in [6, 6.07) is 7.68. The summed E-state index contributed by atoms with van der Waals surface area (Å²) in [6.45, 7) is 8.88. The van der Waals surface area contributed by atoms with Crippen LogP contribution in [0.5, 0.6) is 5.75 Å². The van der Waals surface area contributed by atoms with Crippen molar-refractivity contribution in [1.29, 1.82) is 0 Å². The first-order valence-electron chi connectivity index (χ1n) is 8.23. The number of rotatable bonds is 4. The lowest BCUT2D eigenvalue weighted by Gasteiger charge is -2.36. The van der Waals surface area contributed by atoms with Gasteiger partial charge in [-0.3, -0.25) is 0 Å². The van der Waals surface area contributed by atoms with Crippen molar-refractivity contribution < 1.29 is 14.3 Å². The summed E-state index contributed by atoms with van der Waals surface area (Å²) in [5.74, 6) is 1.17. The van der Waals surface area contributed by atoms with Gasteiger partial charge in [0.25, 0.3) is 0 Å². The van der Waals surface area contributed by atoms with E-state index in [1.807, 2.05) is 31.2 Å². The fourth-order valence-corrected chi connectivity index (χ4v) is 3.04. The summed E-state index contributed by atoms with van der Waals surface area (Å²) in [5, 5.41) is 0. The molecule has 3 nitrogen and oxygen atoms in total. The van der Waals surface area contributed by atoms with Gasteiger partial charge in [0.2, 0.25) is 0 Å². The standard InChI is InChI=1S/C19H28O3/c1-14-5-9-16(10-6-14)21-13-18(20)22-17-11-7-15(8-12-17)19(2,3)4/h5-6,9-10,15,17H,7-8,11-13H2,1-4H3. The molecule has 0 N–H and O–H groups in total. The van der Waals surface area contributed by atoms with Gasteiger partial charge in [0.1, 0.15) is 11.9 Å². The molecule has 0 heterocycles. The zero-order valence-corrected chi connectivity index (χ0v) is 14.2. The van der Waals surface area contributed by atoms with E-state index in [0.717, 1.165) is 31.6 Å². The Morgan fingerprint density at radius 1 is 1.09 bits per heavy atom. The van der Waals surface area contributed by atoms with Gasteiger partial charge >= 0.3 is 5.97 Å². The third kappa shape index (κ3) is 5.04. The van der Waals surface area contributed by atoms with Crippen molar-refractivity contribution in [2.24, 2.45) is 11.3 Å². The maximum Gasteiger partial charge on any atom is 0.344 e. The molecule has 1 aliphatic carbocycles. The summed E-state index contributed by atoms with van der Waals surface area (Å²) in [6.07, 6.45) is 4.28. The van der Waals surface area contributed by atoms with E-state index in [4.69, 9.17) is 9.47 Å². The van der Waals surface area contributed by atoms with Crippen molar-refractivity contribution in [2.45, 2.75) is 59.5 Å². The number of carbonyl (C=O) groups is 1.